The van der Waals surface area contributed by atoms with E-state index in [1.807, 2.05) is 12.1 Å². The fourth-order valence-electron chi connectivity index (χ4n) is 2.46. The van der Waals surface area contributed by atoms with E-state index in [0.717, 1.165) is 16.6 Å². The summed E-state index contributed by atoms with van der Waals surface area (Å²) in [5.74, 6) is 0.947. The molecule has 1 unspecified atom stereocenters. The van der Waals surface area contributed by atoms with Crippen molar-refractivity contribution in [1.29, 1.82) is 0 Å². The number of thiophene rings is 1. The van der Waals surface area contributed by atoms with Gasteiger partial charge in [-0.2, -0.15) is 0 Å². The number of hydrogen-bond acceptors (Lipinski definition) is 2. The van der Waals surface area contributed by atoms with E-state index in [9.17, 15) is 0 Å². The van der Waals surface area contributed by atoms with Crippen molar-refractivity contribution in [2.45, 2.75) is 11.2 Å². The summed E-state index contributed by atoms with van der Waals surface area (Å²) in [6.45, 7) is 0. The zero-order chi connectivity index (χ0) is 14.8. The molecule has 21 heavy (non-hydrogen) atoms. The van der Waals surface area contributed by atoms with Crippen LogP contribution in [0.4, 0.5) is 0 Å². The maximum atomic E-state index is 5.44. The van der Waals surface area contributed by atoms with Crippen molar-refractivity contribution in [2.24, 2.45) is 0 Å². The topological polar surface area (TPSA) is 9.23 Å². The van der Waals surface area contributed by atoms with Crippen LogP contribution in [0.5, 0.6) is 5.75 Å². The van der Waals surface area contributed by atoms with Crippen LogP contribution in [0.1, 0.15) is 16.0 Å². The van der Waals surface area contributed by atoms with Crippen LogP contribution in [-0.2, 0) is 6.42 Å². The minimum Gasteiger partial charge on any atom is -0.496 e. The molecule has 0 fully saturated rings. The van der Waals surface area contributed by atoms with Crippen LogP contribution >= 0.6 is 43.2 Å². The van der Waals surface area contributed by atoms with E-state index in [1.54, 1.807) is 18.4 Å². The molecule has 2 aromatic carbocycles. The molecule has 0 aliphatic carbocycles. The Morgan fingerprint density at radius 1 is 1.14 bits per heavy atom. The summed E-state index contributed by atoms with van der Waals surface area (Å²) in [4.78, 5) is 0.275. The molecule has 0 spiro atoms. The summed E-state index contributed by atoms with van der Waals surface area (Å²) in [7, 11) is 1.72. The number of rotatable bonds is 4. The number of para-hydroxylation sites is 1. The molecule has 1 atom stereocenters. The number of halogens is 2. The molecule has 0 radical (unpaired) electrons. The maximum Gasteiger partial charge on any atom is 0.122 e. The molecule has 4 heteroatoms. The highest BCUT2D eigenvalue weighted by molar-refractivity contribution is 9.10. The average Bonchev–Trinajstić information content (AvgIpc) is 2.93. The largest absolute Gasteiger partial charge is 0.496 e. The van der Waals surface area contributed by atoms with Gasteiger partial charge in [-0.3, -0.25) is 0 Å². The normalized spacial score (nSPS) is 12.5. The van der Waals surface area contributed by atoms with Crippen LogP contribution in [0.15, 0.2) is 52.3 Å². The van der Waals surface area contributed by atoms with Gasteiger partial charge in [0.05, 0.1) is 7.11 Å². The van der Waals surface area contributed by atoms with E-state index < -0.39 is 0 Å². The molecule has 0 saturated heterocycles. The van der Waals surface area contributed by atoms with Gasteiger partial charge in [0.15, 0.2) is 0 Å². The van der Waals surface area contributed by atoms with Gasteiger partial charge in [0.1, 0.15) is 5.75 Å². The molecular weight excluding hydrogens is 412 g/mol. The van der Waals surface area contributed by atoms with Gasteiger partial charge in [-0.25, -0.2) is 0 Å². The number of ether oxygens (including phenoxy) is 1. The lowest BCUT2D eigenvalue weighted by molar-refractivity contribution is 0.409. The second-order valence-electron chi connectivity index (χ2n) is 4.79. The first-order chi connectivity index (χ1) is 10.2. The monoisotopic (exact) mass is 424 g/mol. The standard InChI is InChI=1S/C17H14Br2OS/c1-20-16-8-3-2-5-11(16)9-15(19)13-10-21-17-12(13)6-4-7-14(17)18/h2-8,10,15H,9H2,1H3. The van der Waals surface area contributed by atoms with E-state index >= 15 is 0 Å². The lowest BCUT2D eigenvalue weighted by Gasteiger charge is -2.12. The summed E-state index contributed by atoms with van der Waals surface area (Å²) in [5, 5.41) is 3.55. The summed E-state index contributed by atoms with van der Waals surface area (Å²) in [5.41, 5.74) is 2.55. The summed E-state index contributed by atoms with van der Waals surface area (Å²) in [6, 6.07) is 14.6. The molecule has 1 aromatic heterocycles. The fourth-order valence-corrected chi connectivity index (χ4v) is 5.04. The van der Waals surface area contributed by atoms with Crippen molar-refractivity contribution < 1.29 is 4.74 Å². The van der Waals surface area contributed by atoms with Crippen molar-refractivity contribution in [2.75, 3.05) is 7.11 Å². The lowest BCUT2D eigenvalue weighted by Crippen LogP contribution is -1.97. The number of hydrogen-bond donors (Lipinski definition) is 0. The van der Waals surface area contributed by atoms with Crippen molar-refractivity contribution in [3.63, 3.8) is 0 Å². The predicted octanol–water partition coefficient (Wildman–Crippen LogP) is 6.35. The number of benzene rings is 2. The minimum absolute atomic E-state index is 0.275. The Morgan fingerprint density at radius 2 is 1.95 bits per heavy atom. The average molecular weight is 426 g/mol. The zero-order valence-electron chi connectivity index (χ0n) is 11.5. The van der Waals surface area contributed by atoms with Gasteiger partial charge in [0.25, 0.3) is 0 Å². The molecule has 3 aromatic rings. The Balaban J connectivity index is 1.94. The zero-order valence-corrected chi connectivity index (χ0v) is 15.5. The lowest BCUT2D eigenvalue weighted by atomic mass is 10.0. The van der Waals surface area contributed by atoms with E-state index in [-0.39, 0.29) is 4.83 Å². The van der Waals surface area contributed by atoms with Gasteiger partial charge in [-0.05, 0) is 56.4 Å². The van der Waals surface area contributed by atoms with Gasteiger partial charge in [-0.15, -0.1) is 11.3 Å². The molecular formula is C17H14Br2OS. The Morgan fingerprint density at radius 3 is 2.76 bits per heavy atom. The summed E-state index contributed by atoms with van der Waals surface area (Å²) >= 11 is 9.25. The molecule has 0 saturated carbocycles. The highest BCUT2D eigenvalue weighted by atomic mass is 79.9. The van der Waals surface area contributed by atoms with Gasteiger partial charge < -0.3 is 4.74 Å². The van der Waals surface area contributed by atoms with E-state index in [0.29, 0.717) is 0 Å². The van der Waals surface area contributed by atoms with Crippen molar-refractivity contribution in [1.82, 2.24) is 0 Å². The summed E-state index contributed by atoms with van der Waals surface area (Å²) < 4.78 is 7.91. The highest BCUT2D eigenvalue weighted by Crippen LogP contribution is 2.40. The van der Waals surface area contributed by atoms with E-state index in [2.05, 4.69) is 67.6 Å². The van der Waals surface area contributed by atoms with Crippen LogP contribution in [0.25, 0.3) is 10.1 Å². The third-order valence-electron chi connectivity index (χ3n) is 3.51. The first kappa shape index (κ1) is 15.1. The summed E-state index contributed by atoms with van der Waals surface area (Å²) in [6.07, 6.45) is 0.905. The number of alkyl halides is 1. The van der Waals surface area contributed by atoms with Crippen LogP contribution in [0.3, 0.4) is 0 Å². The fraction of sp³-hybridized carbons (Fsp3) is 0.176. The Kier molecular flexibility index (Phi) is 4.67. The Bertz CT molecular complexity index is 766. The Hall–Kier alpha value is -0.840. The molecule has 0 aliphatic heterocycles. The second kappa shape index (κ2) is 6.51. The van der Waals surface area contributed by atoms with Crippen LogP contribution in [-0.4, -0.2) is 7.11 Å². The molecule has 3 rings (SSSR count). The van der Waals surface area contributed by atoms with Gasteiger partial charge in [0, 0.05) is 14.0 Å². The first-order valence-corrected chi connectivity index (χ1v) is 9.21. The van der Waals surface area contributed by atoms with Crippen LogP contribution in [0.2, 0.25) is 0 Å². The first-order valence-electron chi connectivity index (χ1n) is 6.62. The molecule has 0 bridgehead atoms. The number of methoxy groups -OCH3 is 1. The predicted molar refractivity (Wildman–Crippen MR) is 97.9 cm³/mol. The maximum absolute atomic E-state index is 5.44. The van der Waals surface area contributed by atoms with Gasteiger partial charge in [-0.1, -0.05) is 46.3 Å². The second-order valence-corrected chi connectivity index (χ2v) is 7.63. The Labute approximate surface area is 145 Å². The van der Waals surface area contributed by atoms with E-state index in [1.165, 1.54) is 21.2 Å². The van der Waals surface area contributed by atoms with Gasteiger partial charge >= 0.3 is 0 Å². The van der Waals surface area contributed by atoms with Crippen molar-refractivity contribution in [3.8, 4) is 5.75 Å². The van der Waals surface area contributed by atoms with Crippen LogP contribution < -0.4 is 4.74 Å². The molecule has 0 N–H and O–H groups in total. The number of fused-ring (bicyclic) bond motifs is 1. The third kappa shape index (κ3) is 3.03. The quantitative estimate of drug-likeness (QED) is 0.442. The molecule has 0 amide bonds. The van der Waals surface area contributed by atoms with Gasteiger partial charge in [0.2, 0.25) is 0 Å². The smallest absolute Gasteiger partial charge is 0.122 e. The molecule has 0 aliphatic rings. The van der Waals surface area contributed by atoms with Crippen molar-refractivity contribution in [3.05, 3.63) is 63.4 Å². The molecule has 1 nitrogen and oxygen atoms in total. The van der Waals surface area contributed by atoms with Crippen LogP contribution in [0, 0.1) is 0 Å². The molecule has 108 valence electrons. The minimum atomic E-state index is 0.275. The molecule has 1 heterocycles. The SMILES string of the molecule is COc1ccccc1CC(Br)c1csc2c(Br)cccc12. The highest BCUT2D eigenvalue weighted by Gasteiger charge is 2.16. The third-order valence-corrected chi connectivity index (χ3v) is 6.30. The van der Waals surface area contributed by atoms with E-state index in [4.69, 9.17) is 4.74 Å². The van der Waals surface area contributed by atoms with Crippen molar-refractivity contribution >= 4 is 53.3 Å².